The smallest absolute Gasteiger partial charge is 0.318 e. The summed E-state index contributed by atoms with van der Waals surface area (Å²) in [7, 11) is 4.27. The SMILES string of the molecule is C=C(F)C(=O)N1CCN(c2nc(OCC3CCCN3C)nc3c2CN(C)C(c2c(C)ccc4[nH]ncc24)C3)CC1. The van der Waals surface area contributed by atoms with Gasteiger partial charge in [0.1, 0.15) is 12.4 Å². The van der Waals surface area contributed by atoms with Crippen molar-refractivity contribution in [2.45, 2.75) is 44.8 Å². The highest BCUT2D eigenvalue weighted by Gasteiger charge is 2.34. The lowest BCUT2D eigenvalue weighted by Gasteiger charge is -2.39. The highest BCUT2D eigenvalue weighted by Crippen LogP contribution is 2.39. The van der Waals surface area contributed by atoms with Crippen LogP contribution < -0.4 is 9.64 Å². The molecular formula is C29H37FN8O2. The number of carbonyl (C=O) groups is 1. The number of hydrogen-bond acceptors (Lipinski definition) is 8. The summed E-state index contributed by atoms with van der Waals surface area (Å²) < 4.78 is 19.7. The molecule has 10 nitrogen and oxygen atoms in total. The first-order chi connectivity index (χ1) is 19.3. The number of aromatic amines is 1. The second kappa shape index (κ2) is 10.8. The van der Waals surface area contributed by atoms with Crippen LogP contribution in [0.15, 0.2) is 30.7 Å². The fourth-order valence-electron chi connectivity index (χ4n) is 6.42. The van der Waals surface area contributed by atoms with Crippen LogP contribution in [0, 0.1) is 6.92 Å². The van der Waals surface area contributed by atoms with Crippen LogP contribution in [-0.4, -0.2) is 100 Å². The summed E-state index contributed by atoms with van der Waals surface area (Å²) in [5.41, 5.74) is 5.57. The molecule has 5 heterocycles. The number of benzene rings is 1. The van der Waals surface area contributed by atoms with Crippen LogP contribution in [0.3, 0.4) is 0 Å². The Morgan fingerprint density at radius 1 is 1.15 bits per heavy atom. The number of carbonyl (C=O) groups excluding carboxylic acids is 1. The number of aromatic nitrogens is 4. The number of nitrogens with one attached hydrogen (secondary N) is 1. The fourth-order valence-corrected chi connectivity index (χ4v) is 6.42. The number of H-pyrrole nitrogens is 1. The zero-order chi connectivity index (χ0) is 28.0. The molecule has 0 radical (unpaired) electrons. The van der Waals surface area contributed by atoms with Gasteiger partial charge in [-0.3, -0.25) is 14.8 Å². The second-order valence-corrected chi connectivity index (χ2v) is 11.3. The second-order valence-electron chi connectivity index (χ2n) is 11.3. The molecule has 0 aliphatic carbocycles. The Balaban J connectivity index is 1.33. The van der Waals surface area contributed by atoms with Crippen LogP contribution in [0.25, 0.3) is 10.9 Å². The zero-order valence-corrected chi connectivity index (χ0v) is 23.5. The summed E-state index contributed by atoms with van der Waals surface area (Å²) in [4.78, 5) is 30.4. The van der Waals surface area contributed by atoms with E-state index in [2.05, 4.69) is 64.6 Å². The van der Waals surface area contributed by atoms with E-state index >= 15 is 0 Å². The molecule has 2 aromatic heterocycles. The minimum absolute atomic E-state index is 0.121. The number of halogens is 1. The quantitative estimate of drug-likeness (QED) is 0.470. The monoisotopic (exact) mass is 548 g/mol. The summed E-state index contributed by atoms with van der Waals surface area (Å²) in [5, 5.41) is 8.53. The topological polar surface area (TPSA) is 93.7 Å². The number of anilines is 1. The maximum atomic E-state index is 13.5. The molecule has 0 saturated carbocycles. The van der Waals surface area contributed by atoms with E-state index in [1.807, 2.05) is 6.20 Å². The molecule has 3 aromatic rings. The maximum Gasteiger partial charge on any atom is 0.318 e. The third-order valence-electron chi connectivity index (χ3n) is 8.77. The predicted octanol–water partition coefficient (Wildman–Crippen LogP) is 3.00. The van der Waals surface area contributed by atoms with E-state index in [9.17, 15) is 9.18 Å². The van der Waals surface area contributed by atoms with Crippen molar-refractivity contribution in [3.8, 4) is 6.01 Å². The molecule has 2 fully saturated rings. The van der Waals surface area contributed by atoms with Crippen molar-refractivity contribution in [2.24, 2.45) is 0 Å². The number of aryl methyl sites for hydroxylation is 1. The minimum Gasteiger partial charge on any atom is -0.462 e. The van der Waals surface area contributed by atoms with Gasteiger partial charge in [-0.25, -0.2) is 4.39 Å². The summed E-state index contributed by atoms with van der Waals surface area (Å²) in [6.45, 7) is 9.53. The first-order valence-electron chi connectivity index (χ1n) is 14.0. The van der Waals surface area contributed by atoms with Gasteiger partial charge >= 0.3 is 6.01 Å². The number of hydrogen-bond donors (Lipinski definition) is 1. The number of likely N-dealkylation sites (N-methyl/N-ethyl adjacent to an activating group) is 2. The van der Waals surface area contributed by atoms with Crippen LogP contribution in [0.5, 0.6) is 6.01 Å². The van der Waals surface area contributed by atoms with E-state index in [0.29, 0.717) is 57.8 Å². The van der Waals surface area contributed by atoms with Gasteiger partial charge in [0, 0.05) is 62.2 Å². The molecule has 212 valence electrons. The largest absolute Gasteiger partial charge is 0.462 e. The van der Waals surface area contributed by atoms with Crippen molar-refractivity contribution in [1.82, 2.24) is 34.9 Å². The first kappa shape index (κ1) is 26.6. The molecule has 40 heavy (non-hydrogen) atoms. The third-order valence-corrected chi connectivity index (χ3v) is 8.77. The van der Waals surface area contributed by atoms with Gasteiger partial charge in [0.25, 0.3) is 5.91 Å². The molecule has 2 saturated heterocycles. The molecule has 2 atom stereocenters. The van der Waals surface area contributed by atoms with E-state index in [4.69, 9.17) is 14.7 Å². The molecule has 1 amide bonds. The normalized spacial score (nSPS) is 22.1. The molecule has 11 heteroatoms. The van der Waals surface area contributed by atoms with Crippen LogP contribution in [0.1, 0.15) is 41.3 Å². The molecule has 2 unspecified atom stereocenters. The van der Waals surface area contributed by atoms with E-state index in [1.165, 1.54) is 22.4 Å². The highest BCUT2D eigenvalue weighted by atomic mass is 19.1. The van der Waals surface area contributed by atoms with Gasteiger partial charge < -0.3 is 19.4 Å². The van der Waals surface area contributed by atoms with Crippen molar-refractivity contribution in [1.29, 1.82) is 0 Å². The predicted molar refractivity (Wildman–Crippen MR) is 151 cm³/mol. The van der Waals surface area contributed by atoms with Crippen molar-refractivity contribution >= 4 is 22.6 Å². The summed E-state index contributed by atoms with van der Waals surface area (Å²) in [6, 6.07) is 5.09. The van der Waals surface area contributed by atoms with Gasteiger partial charge in [-0.2, -0.15) is 15.1 Å². The Morgan fingerprint density at radius 2 is 1.95 bits per heavy atom. The molecule has 1 aromatic carbocycles. The molecule has 3 aliphatic heterocycles. The number of nitrogens with zero attached hydrogens (tertiary/aromatic N) is 7. The van der Waals surface area contributed by atoms with Crippen LogP contribution in [0.4, 0.5) is 10.2 Å². The standard InChI is InChI=1S/C29H37FN8O2/c1-18-7-8-23-21(15-31-34-23)26(18)25-14-24-22(16-36(25)4)27(37-10-12-38(13-11-37)28(39)19(2)30)33-29(32-24)40-17-20-6-5-9-35(20)3/h7-8,15,20,25H,2,5-6,9-14,16-17H2,1,3-4H3,(H,31,34). The average molecular weight is 549 g/mol. The number of ether oxygens (including phenoxy) is 1. The zero-order valence-electron chi connectivity index (χ0n) is 23.5. The van der Waals surface area contributed by atoms with Gasteiger partial charge in [0.2, 0.25) is 0 Å². The highest BCUT2D eigenvalue weighted by molar-refractivity contribution is 5.90. The van der Waals surface area contributed by atoms with Gasteiger partial charge in [-0.1, -0.05) is 12.6 Å². The van der Waals surface area contributed by atoms with Crippen LogP contribution >= 0.6 is 0 Å². The van der Waals surface area contributed by atoms with Gasteiger partial charge in [-0.05, 0) is 57.6 Å². The maximum absolute atomic E-state index is 13.5. The number of piperazine rings is 1. The Kier molecular flexibility index (Phi) is 7.18. The number of likely N-dealkylation sites (tertiary alicyclic amines) is 1. The Morgan fingerprint density at radius 3 is 2.67 bits per heavy atom. The Labute approximate surface area is 233 Å². The molecule has 6 rings (SSSR count). The van der Waals surface area contributed by atoms with Gasteiger partial charge in [-0.15, -0.1) is 0 Å². The van der Waals surface area contributed by atoms with Crippen molar-refractivity contribution in [3.05, 3.63) is 53.1 Å². The van der Waals surface area contributed by atoms with Crippen molar-refractivity contribution < 1.29 is 13.9 Å². The van der Waals surface area contributed by atoms with Crippen LogP contribution in [-0.2, 0) is 17.8 Å². The third kappa shape index (κ3) is 4.92. The van der Waals surface area contributed by atoms with E-state index < -0.39 is 11.7 Å². The van der Waals surface area contributed by atoms with E-state index in [1.54, 1.807) is 0 Å². The van der Waals surface area contributed by atoms with E-state index in [-0.39, 0.29) is 6.04 Å². The average Bonchev–Trinajstić information content (AvgIpc) is 3.59. The lowest BCUT2D eigenvalue weighted by Crippen LogP contribution is -2.49. The summed E-state index contributed by atoms with van der Waals surface area (Å²) >= 11 is 0. The lowest BCUT2D eigenvalue weighted by molar-refractivity contribution is -0.128. The number of amides is 1. The Bertz CT molecular complexity index is 1430. The van der Waals surface area contributed by atoms with Crippen LogP contribution in [0.2, 0.25) is 0 Å². The van der Waals surface area contributed by atoms with Gasteiger partial charge in [0.05, 0.1) is 17.4 Å². The summed E-state index contributed by atoms with van der Waals surface area (Å²) in [6.07, 6.45) is 4.89. The van der Waals surface area contributed by atoms with Crippen molar-refractivity contribution in [3.63, 3.8) is 0 Å². The fraction of sp³-hybridized carbons (Fsp3) is 0.517. The molecule has 1 N–H and O–H groups in total. The number of rotatable bonds is 6. The molecule has 3 aliphatic rings. The molecular weight excluding hydrogens is 511 g/mol. The summed E-state index contributed by atoms with van der Waals surface area (Å²) in [5.74, 6) is -0.717. The first-order valence-corrected chi connectivity index (χ1v) is 14.0. The number of fused-ring (bicyclic) bond motifs is 2. The van der Waals surface area contributed by atoms with Crippen molar-refractivity contribution in [2.75, 3.05) is 58.3 Å². The Hall–Kier alpha value is -3.57. The minimum atomic E-state index is -0.920. The molecule has 0 spiro atoms. The van der Waals surface area contributed by atoms with E-state index in [0.717, 1.165) is 40.9 Å². The van der Waals surface area contributed by atoms with Gasteiger partial charge in [0.15, 0.2) is 5.83 Å². The lowest BCUT2D eigenvalue weighted by atomic mass is 9.89. The molecule has 0 bridgehead atoms.